The number of carbonyl (C=O) groups is 2. The van der Waals surface area contributed by atoms with Crippen LogP contribution in [0, 0.1) is 0 Å². The van der Waals surface area contributed by atoms with Gasteiger partial charge >= 0.3 is 19.8 Å². The van der Waals surface area contributed by atoms with Crippen molar-refractivity contribution in [2.45, 2.75) is 224 Å². The average Bonchev–Trinajstić information content (AvgIpc) is 3.19. The number of hydrogen-bond donors (Lipinski definition) is 6. The summed E-state index contributed by atoms with van der Waals surface area (Å²) in [5, 5.41) is 50.1. The van der Waals surface area contributed by atoms with Crippen LogP contribution in [0.2, 0.25) is 0 Å². The monoisotopic (exact) mass is 835 g/mol. The zero-order valence-corrected chi connectivity index (χ0v) is 36.0. The highest BCUT2D eigenvalue weighted by Crippen LogP contribution is 2.47. The zero-order valence-electron chi connectivity index (χ0n) is 35.1. The number of rotatable bonds is 36. The quantitative estimate of drug-likeness (QED) is 0.0153. The van der Waals surface area contributed by atoms with Crippen LogP contribution in [0.1, 0.15) is 181 Å². The second-order valence-electron chi connectivity index (χ2n) is 15.5. The van der Waals surface area contributed by atoms with E-state index in [4.69, 9.17) is 18.5 Å². The molecule has 14 heteroatoms. The van der Waals surface area contributed by atoms with E-state index in [0.29, 0.717) is 12.8 Å². The minimum atomic E-state index is -5.11. The minimum absolute atomic E-state index is 0.0941. The summed E-state index contributed by atoms with van der Waals surface area (Å²) >= 11 is 0. The van der Waals surface area contributed by atoms with Crippen molar-refractivity contribution in [3.63, 3.8) is 0 Å². The van der Waals surface area contributed by atoms with Crippen molar-refractivity contribution in [1.82, 2.24) is 0 Å². The molecule has 0 aromatic rings. The molecule has 0 bridgehead atoms. The fourth-order valence-corrected chi connectivity index (χ4v) is 7.59. The number of carbonyl (C=O) groups excluding carboxylic acids is 2. The van der Waals surface area contributed by atoms with Gasteiger partial charge in [0.05, 0.1) is 6.61 Å². The number of ether oxygens (including phenoxy) is 2. The van der Waals surface area contributed by atoms with Gasteiger partial charge in [-0.05, 0) is 57.8 Å². The van der Waals surface area contributed by atoms with E-state index >= 15 is 0 Å². The van der Waals surface area contributed by atoms with Crippen molar-refractivity contribution in [1.29, 1.82) is 0 Å². The Labute approximate surface area is 343 Å². The molecule has 1 aliphatic carbocycles. The van der Waals surface area contributed by atoms with Crippen molar-refractivity contribution in [2.24, 2.45) is 0 Å². The van der Waals surface area contributed by atoms with Crippen LogP contribution >= 0.6 is 7.82 Å². The predicted molar refractivity (Wildman–Crippen MR) is 221 cm³/mol. The molecule has 6 unspecified atom stereocenters. The Bertz CT molecular complexity index is 1100. The molecule has 0 aliphatic heterocycles. The van der Waals surface area contributed by atoms with Crippen LogP contribution in [0.15, 0.2) is 24.3 Å². The molecule has 0 spiro atoms. The van der Waals surface area contributed by atoms with Gasteiger partial charge < -0.3 is 39.9 Å². The van der Waals surface area contributed by atoms with E-state index in [0.717, 1.165) is 70.6 Å². The summed E-state index contributed by atoms with van der Waals surface area (Å²) in [7, 11) is -5.11. The third-order valence-electron chi connectivity index (χ3n) is 10.3. The number of unbranched alkanes of at least 4 members (excludes halogenated alkanes) is 20. The van der Waals surface area contributed by atoms with Crippen molar-refractivity contribution < 1.29 is 63.1 Å². The average molecular weight is 835 g/mol. The van der Waals surface area contributed by atoms with Crippen molar-refractivity contribution >= 4 is 19.8 Å². The predicted octanol–water partition coefficient (Wildman–Crippen LogP) is 8.06. The van der Waals surface area contributed by atoms with Gasteiger partial charge in [-0.3, -0.25) is 18.6 Å². The number of esters is 2. The summed E-state index contributed by atoms with van der Waals surface area (Å²) < 4.78 is 33.5. The van der Waals surface area contributed by atoms with E-state index in [9.17, 15) is 44.6 Å². The first kappa shape index (κ1) is 53.3. The minimum Gasteiger partial charge on any atom is -0.462 e. The molecule has 0 aromatic carbocycles. The Morgan fingerprint density at radius 1 is 0.526 bits per heavy atom. The maximum atomic E-state index is 12.8. The Hall–Kier alpha value is -1.67. The molecule has 334 valence electrons. The summed E-state index contributed by atoms with van der Waals surface area (Å²) in [6, 6.07) is 0. The van der Waals surface area contributed by atoms with Gasteiger partial charge in [-0.1, -0.05) is 134 Å². The second kappa shape index (κ2) is 34.1. The van der Waals surface area contributed by atoms with Gasteiger partial charge in [-0.15, -0.1) is 0 Å². The van der Waals surface area contributed by atoms with Gasteiger partial charge in [0, 0.05) is 12.8 Å². The lowest BCUT2D eigenvalue weighted by Gasteiger charge is -2.41. The Morgan fingerprint density at radius 3 is 1.39 bits per heavy atom. The van der Waals surface area contributed by atoms with Gasteiger partial charge in [0.15, 0.2) is 6.10 Å². The molecular formula is C43H79O13P. The number of hydrogen-bond acceptors (Lipinski definition) is 12. The van der Waals surface area contributed by atoms with Gasteiger partial charge in [-0.25, -0.2) is 4.57 Å². The molecule has 1 rings (SSSR count). The Morgan fingerprint density at radius 2 is 0.912 bits per heavy atom. The van der Waals surface area contributed by atoms with E-state index in [-0.39, 0.29) is 12.8 Å². The highest BCUT2D eigenvalue weighted by Gasteiger charge is 2.51. The largest absolute Gasteiger partial charge is 0.472 e. The number of aliphatic hydroxyl groups is 5. The third-order valence-corrected chi connectivity index (χ3v) is 11.3. The molecule has 0 aromatic heterocycles. The SMILES string of the molecule is CCCC/C=C/CCCCCCCCCCCC(=O)O[C@H](COC(=O)CCCCCCC/C=C/CCCCCC)COP(=O)(O)OC1C(O)C(O)C(O)[C@@H](O)C1O. The van der Waals surface area contributed by atoms with Crippen LogP contribution in [0.5, 0.6) is 0 Å². The smallest absolute Gasteiger partial charge is 0.462 e. The number of phosphoric acid groups is 1. The molecule has 1 fully saturated rings. The van der Waals surface area contributed by atoms with Crippen LogP contribution in [0.3, 0.4) is 0 Å². The standard InChI is InChI=1S/C43H79O13P/c1-3-5-7-9-11-13-15-17-18-20-22-24-26-28-30-32-37(45)55-35(34-54-57(51,52)56-43-41(49)39(47)38(46)40(48)42(43)50)33-53-36(44)31-29-27-25-23-21-19-16-14-12-10-8-6-4-2/h9,11,14,16,35,38-43,46-50H,3-8,10,12-13,15,17-34H2,1-2H3,(H,51,52)/b11-9+,16-14+/t35-,38?,39-,40?,41?,42?,43?/m1/s1. The van der Waals surface area contributed by atoms with Gasteiger partial charge in [0.2, 0.25) is 0 Å². The maximum Gasteiger partial charge on any atom is 0.472 e. The van der Waals surface area contributed by atoms with E-state index < -0.39 is 75.7 Å². The summed E-state index contributed by atoms with van der Waals surface area (Å²) in [5.41, 5.74) is 0. The zero-order chi connectivity index (χ0) is 42.2. The maximum absolute atomic E-state index is 12.8. The van der Waals surface area contributed by atoms with Crippen LogP contribution in [-0.4, -0.2) is 98.3 Å². The molecule has 8 atom stereocenters. The molecule has 0 radical (unpaired) electrons. The fourth-order valence-electron chi connectivity index (χ4n) is 6.62. The van der Waals surface area contributed by atoms with Crippen LogP contribution in [0.4, 0.5) is 0 Å². The molecule has 13 nitrogen and oxygen atoms in total. The van der Waals surface area contributed by atoms with Crippen LogP contribution in [0.25, 0.3) is 0 Å². The highest BCUT2D eigenvalue weighted by atomic mass is 31.2. The molecule has 1 aliphatic rings. The summed E-state index contributed by atoms with van der Waals surface area (Å²) in [6.07, 6.45) is 22.3. The molecule has 0 amide bonds. The first-order valence-corrected chi connectivity index (χ1v) is 23.6. The second-order valence-corrected chi connectivity index (χ2v) is 16.9. The topological polar surface area (TPSA) is 210 Å². The van der Waals surface area contributed by atoms with Crippen LogP contribution in [-0.2, 0) is 32.7 Å². The number of phosphoric ester groups is 1. The van der Waals surface area contributed by atoms with Gasteiger partial charge in [0.1, 0.15) is 43.2 Å². The molecule has 57 heavy (non-hydrogen) atoms. The first-order valence-electron chi connectivity index (χ1n) is 22.1. The summed E-state index contributed by atoms with van der Waals surface area (Å²) in [4.78, 5) is 35.6. The molecule has 6 N–H and O–H groups in total. The van der Waals surface area contributed by atoms with E-state index in [1.54, 1.807) is 0 Å². The van der Waals surface area contributed by atoms with E-state index in [1.807, 2.05) is 0 Å². The highest BCUT2D eigenvalue weighted by molar-refractivity contribution is 7.47. The van der Waals surface area contributed by atoms with Crippen LogP contribution < -0.4 is 0 Å². The lowest BCUT2D eigenvalue weighted by molar-refractivity contribution is -0.220. The molecule has 0 saturated heterocycles. The van der Waals surface area contributed by atoms with Gasteiger partial charge in [-0.2, -0.15) is 0 Å². The van der Waals surface area contributed by atoms with Crippen molar-refractivity contribution in [3.8, 4) is 0 Å². The summed E-state index contributed by atoms with van der Waals surface area (Å²) in [6.45, 7) is 3.24. The third kappa shape index (κ3) is 26.9. The van der Waals surface area contributed by atoms with Crippen molar-refractivity contribution in [3.05, 3.63) is 24.3 Å². The lowest BCUT2D eigenvalue weighted by atomic mass is 9.85. The van der Waals surface area contributed by atoms with Crippen molar-refractivity contribution in [2.75, 3.05) is 13.2 Å². The normalized spacial score (nSPS) is 22.9. The first-order chi connectivity index (χ1) is 27.4. The molecule has 1 saturated carbocycles. The fraction of sp³-hybridized carbons (Fsp3) is 0.860. The molecular weight excluding hydrogens is 755 g/mol. The summed E-state index contributed by atoms with van der Waals surface area (Å²) in [5.74, 6) is -1.11. The van der Waals surface area contributed by atoms with Gasteiger partial charge in [0.25, 0.3) is 0 Å². The van der Waals surface area contributed by atoms with E-state index in [2.05, 4.69) is 38.2 Å². The number of aliphatic hydroxyl groups excluding tert-OH is 5. The number of allylic oxidation sites excluding steroid dienone is 4. The molecule has 0 heterocycles. The Kier molecular flexibility index (Phi) is 31.9. The lowest BCUT2D eigenvalue weighted by Crippen LogP contribution is -2.64. The van der Waals surface area contributed by atoms with E-state index in [1.165, 1.54) is 70.6 Å². The Balaban J connectivity index is 2.49.